The smallest absolute Gasteiger partial charge is 0.349 e. The first kappa shape index (κ1) is 17.0. The predicted octanol–water partition coefficient (Wildman–Crippen LogP) is 4.49. The number of thiazole rings is 1. The molecule has 0 saturated carbocycles. The molecule has 120 valence electrons. The minimum absolute atomic E-state index is 0.387. The van der Waals surface area contributed by atoms with Gasteiger partial charge in [-0.3, -0.25) is 0 Å². The van der Waals surface area contributed by atoms with Gasteiger partial charge >= 0.3 is 5.97 Å². The Bertz CT molecular complexity index is 760. The number of nitrogens with zero attached hydrogens (tertiary/aromatic N) is 2. The molecule has 5 nitrogen and oxygen atoms in total. The topological polar surface area (TPSA) is 52.8 Å². The monoisotopic (exact) mass is 330 g/mol. The molecule has 0 radical (unpaired) electrons. The highest BCUT2D eigenvalue weighted by Gasteiger charge is 2.17. The molecule has 1 aromatic carbocycles. The van der Waals surface area contributed by atoms with E-state index in [1.165, 1.54) is 18.4 Å². The lowest BCUT2D eigenvalue weighted by Crippen LogP contribution is -2.04. The number of aryl methyl sites for hydroxylation is 1. The zero-order valence-electron chi connectivity index (χ0n) is 13.5. The van der Waals surface area contributed by atoms with Crippen LogP contribution < -0.4 is 4.74 Å². The molecule has 0 saturated heterocycles. The van der Waals surface area contributed by atoms with E-state index < -0.39 is 5.97 Å². The van der Waals surface area contributed by atoms with Crippen molar-refractivity contribution in [1.29, 1.82) is 0 Å². The molecular formula is C17H18N2O3S. The van der Waals surface area contributed by atoms with Gasteiger partial charge in [0.2, 0.25) is 5.69 Å². The van der Waals surface area contributed by atoms with Crippen molar-refractivity contribution in [3.8, 4) is 16.3 Å². The summed E-state index contributed by atoms with van der Waals surface area (Å²) < 4.78 is 10.4. The largest absolute Gasteiger partial charge is 0.504 e. The van der Waals surface area contributed by atoms with Gasteiger partial charge < -0.3 is 9.47 Å². The fraction of sp³-hybridized carbons (Fsp3) is 0.353. The molecule has 0 amide bonds. The van der Waals surface area contributed by atoms with Gasteiger partial charge in [0, 0.05) is 5.56 Å². The van der Waals surface area contributed by atoms with Gasteiger partial charge in [-0.05, 0) is 25.0 Å². The lowest BCUT2D eigenvalue weighted by molar-refractivity contribution is 0.0605. The molecule has 0 spiro atoms. The number of methoxy groups -OCH3 is 1. The highest BCUT2D eigenvalue weighted by atomic mass is 32.1. The summed E-state index contributed by atoms with van der Waals surface area (Å²) in [4.78, 5) is 20.1. The van der Waals surface area contributed by atoms with Crippen molar-refractivity contribution in [3.05, 3.63) is 40.2 Å². The molecule has 0 unspecified atom stereocenters. The number of rotatable bonds is 5. The Morgan fingerprint density at radius 1 is 1.43 bits per heavy atom. The van der Waals surface area contributed by atoms with E-state index in [-0.39, 0.29) is 0 Å². The van der Waals surface area contributed by atoms with E-state index in [0.717, 1.165) is 5.56 Å². The molecule has 0 atom stereocenters. The second kappa shape index (κ2) is 7.25. The van der Waals surface area contributed by atoms with Crippen LogP contribution in [0.5, 0.6) is 5.75 Å². The molecule has 0 N–H and O–H groups in total. The molecule has 0 aliphatic carbocycles. The highest BCUT2D eigenvalue weighted by Crippen LogP contribution is 2.35. The minimum atomic E-state index is -0.395. The van der Waals surface area contributed by atoms with Crippen LogP contribution in [0.1, 0.15) is 29.2 Å². The van der Waals surface area contributed by atoms with Crippen LogP contribution in [0.25, 0.3) is 15.4 Å². The molecule has 2 rings (SSSR count). The third-order valence-corrected chi connectivity index (χ3v) is 4.25. The normalized spacial score (nSPS) is 10.4. The van der Waals surface area contributed by atoms with Gasteiger partial charge in [0.05, 0.1) is 26.0 Å². The fourth-order valence-electron chi connectivity index (χ4n) is 1.92. The maximum Gasteiger partial charge on any atom is 0.349 e. The van der Waals surface area contributed by atoms with Gasteiger partial charge in [0.15, 0.2) is 0 Å². The van der Waals surface area contributed by atoms with Crippen LogP contribution in [0, 0.1) is 19.4 Å². The van der Waals surface area contributed by atoms with E-state index in [2.05, 4.69) is 23.7 Å². The van der Waals surface area contributed by atoms with Crippen LogP contribution in [0.4, 0.5) is 5.69 Å². The van der Waals surface area contributed by atoms with Crippen LogP contribution in [-0.2, 0) is 4.74 Å². The van der Waals surface area contributed by atoms with E-state index in [0.29, 0.717) is 39.5 Å². The van der Waals surface area contributed by atoms with Crippen molar-refractivity contribution in [3.63, 3.8) is 0 Å². The molecule has 0 aliphatic heterocycles. The van der Waals surface area contributed by atoms with E-state index in [4.69, 9.17) is 16.0 Å². The second-order valence-electron chi connectivity index (χ2n) is 5.42. The Kier molecular flexibility index (Phi) is 5.35. The Hall–Kier alpha value is -2.39. The summed E-state index contributed by atoms with van der Waals surface area (Å²) in [5.41, 5.74) is 1.85. The molecule has 0 aliphatic rings. The van der Waals surface area contributed by atoms with Crippen molar-refractivity contribution in [2.24, 2.45) is 5.92 Å². The van der Waals surface area contributed by atoms with Gasteiger partial charge in [0.25, 0.3) is 0 Å². The molecule has 0 fully saturated rings. The van der Waals surface area contributed by atoms with Crippen LogP contribution in [0.2, 0.25) is 0 Å². The Morgan fingerprint density at radius 3 is 2.78 bits per heavy atom. The second-order valence-corrected chi connectivity index (χ2v) is 6.42. The number of ether oxygens (including phenoxy) is 2. The lowest BCUT2D eigenvalue weighted by atomic mass is 10.2. The summed E-state index contributed by atoms with van der Waals surface area (Å²) >= 11 is 1.26. The van der Waals surface area contributed by atoms with Gasteiger partial charge in [-0.25, -0.2) is 14.6 Å². The summed E-state index contributed by atoms with van der Waals surface area (Å²) in [7, 11) is 1.35. The Morgan fingerprint density at radius 2 is 2.17 bits per heavy atom. The zero-order valence-corrected chi connectivity index (χ0v) is 14.4. The van der Waals surface area contributed by atoms with Crippen molar-refractivity contribution < 1.29 is 14.3 Å². The van der Waals surface area contributed by atoms with Crippen LogP contribution >= 0.6 is 11.3 Å². The van der Waals surface area contributed by atoms with Crippen molar-refractivity contribution in [1.82, 2.24) is 4.98 Å². The number of hydrogen-bond donors (Lipinski definition) is 0. The Labute approximate surface area is 139 Å². The number of carbonyl (C=O) groups is 1. The number of esters is 1. The third-order valence-electron chi connectivity index (χ3n) is 3.07. The Balaban J connectivity index is 2.34. The lowest BCUT2D eigenvalue weighted by Gasteiger charge is -2.10. The van der Waals surface area contributed by atoms with Crippen LogP contribution in [0.3, 0.4) is 0 Å². The molecule has 0 bridgehead atoms. The predicted molar refractivity (Wildman–Crippen MR) is 90.2 cm³/mol. The number of aromatic nitrogens is 1. The summed E-state index contributed by atoms with van der Waals surface area (Å²) in [6.45, 7) is 13.8. The molecule has 6 heteroatoms. The highest BCUT2D eigenvalue weighted by molar-refractivity contribution is 7.17. The van der Waals surface area contributed by atoms with Gasteiger partial charge in [0.1, 0.15) is 15.6 Å². The minimum Gasteiger partial charge on any atom is -0.504 e. The maximum atomic E-state index is 11.7. The van der Waals surface area contributed by atoms with Crippen LogP contribution in [0.15, 0.2) is 18.2 Å². The standard InChI is InChI=1S/C17H18N2O3S/c1-10(2)9-22-14-7-6-12(8-13(14)18-4)16-19-11(3)15(23-16)17(20)21-5/h6-8,10H,9H2,1-3,5H3. The van der Waals surface area contributed by atoms with E-state index in [1.54, 1.807) is 19.1 Å². The van der Waals surface area contributed by atoms with E-state index in [1.807, 2.05) is 6.07 Å². The van der Waals surface area contributed by atoms with Gasteiger partial charge in [-0.2, -0.15) is 0 Å². The van der Waals surface area contributed by atoms with E-state index >= 15 is 0 Å². The summed E-state index contributed by atoms with van der Waals surface area (Å²) in [5, 5.41) is 0.684. The third kappa shape index (κ3) is 3.88. The summed E-state index contributed by atoms with van der Waals surface area (Å²) in [6, 6.07) is 5.37. The van der Waals surface area contributed by atoms with Crippen LogP contribution in [-0.4, -0.2) is 24.7 Å². The maximum absolute atomic E-state index is 11.7. The fourth-order valence-corrected chi connectivity index (χ4v) is 2.90. The molecule has 1 aromatic heterocycles. The first-order valence-electron chi connectivity index (χ1n) is 7.16. The summed E-state index contributed by atoms with van der Waals surface area (Å²) in [5.74, 6) is 0.560. The first-order chi connectivity index (χ1) is 11.0. The van der Waals surface area contributed by atoms with Gasteiger partial charge in [-0.1, -0.05) is 19.9 Å². The van der Waals surface area contributed by atoms with Crippen molar-refractivity contribution in [2.45, 2.75) is 20.8 Å². The average Bonchev–Trinajstić information content (AvgIpc) is 2.93. The number of benzene rings is 1. The van der Waals surface area contributed by atoms with Crippen molar-refractivity contribution >= 4 is 23.0 Å². The quantitative estimate of drug-likeness (QED) is 0.599. The number of carbonyl (C=O) groups excluding carboxylic acids is 1. The SMILES string of the molecule is [C-]#[N+]c1cc(-c2nc(C)c(C(=O)OC)s2)ccc1OCC(C)C. The molecule has 2 aromatic rings. The first-order valence-corrected chi connectivity index (χ1v) is 7.98. The average molecular weight is 330 g/mol. The van der Waals surface area contributed by atoms with Gasteiger partial charge in [-0.15, -0.1) is 11.3 Å². The number of hydrogen-bond acceptors (Lipinski definition) is 5. The zero-order chi connectivity index (χ0) is 17.0. The van der Waals surface area contributed by atoms with Crippen molar-refractivity contribution in [2.75, 3.05) is 13.7 Å². The summed E-state index contributed by atoms with van der Waals surface area (Å²) in [6.07, 6.45) is 0. The van der Waals surface area contributed by atoms with E-state index in [9.17, 15) is 4.79 Å². The molecule has 23 heavy (non-hydrogen) atoms. The molecule has 1 heterocycles. The molecular weight excluding hydrogens is 312 g/mol.